The Kier molecular flexibility index (Phi) is 5.13. The Balaban J connectivity index is 1.65. The molecule has 1 aliphatic heterocycles. The molecule has 2 heterocycles. The van der Waals surface area contributed by atoms with Gasteiger partial charge in [0.2, 0.25) is 5.91 Å². The summed E-state index contributed by atoms with van der Waals surface area (Å²) >= 11 is 0. The van der Waals surface area contributed by atoms with Crippen molar-refractivity contribution in [2.75, 3.05) is 0 Å². The number of nitrogens with zero attached hydrogens (tertiary/aromatic N) is 4. The van der Waals surface area contributed by atoms with Crippen LogP contribution in [0, 0.1) is 6.92 Å². The number of carbonyl (C=O) groups is 2. The van der Waals surface area contributed by atoms with E-state index < -0.39 is 0 Å². The average molecular weight is 337 g/mol. The number of benzene rings is 1. The van der Waals surface area contributed by atoms with Gasteiger partial charge in [0.05, 0.1) is 18.8 Å². The van der Waals surface area contributed by atoms with Gasteiger partial charge in [-0.1, -0.05) is 30.3 Å². The molecular weight excluding hydrogens is 318 g/mol. The lowest BCUT2D eigenvalue weighted by Gasteiger charge is -2.23. The number of hydrogen-bond acceptors (Lipinski definition) is 5. The zero-order valence-electron chi connectivity index (χ0n) is 14.0. The van der Waals surface area contributed by atoms with Gasteiger partial charge < -0.3 is 5.32 Å². The largest absolute Gasteiger partial charge is 0.345 e. The van der Waals surface area contributed by atoms with Crippen LogP contribution < -0.4 is 5.32 Å². The van der Waals surface area contributed by atoms with Crippen LogP contribution in [0.25, 0.3) is 0 Å². The SMILES string of the molecule is Cc1nccc(CNC(=O)C2=NN(Cc3ccccc3)C(=O)CC2)n1. The van der Waals surface area contributed by atoms with Gasteiger partial charge in [-0.2, -0.15) is 5.10 Å². The van der Waals surface area contributed by atoms with Gasteiger partial charge in [-0.25, -0.2) is 15.0 Å². The molecule has 1 aliphatic rings. The lowest BCUT2D eigenvalue weighted by atomic mass is 10.1. The lowest BCUT2D eigenvalue weighted by Crippen LogP contribution is -2.38. The molecule has 0 fully saturated rings. The van der Waals surface area contributed by atoms with Crippen LogP contribution in [-0.2, 0) is 22.7 Å². The van der Waals surface area contributed by atoms with E-state index in [1.54, 1.807) is 19.2 Å². The molecule has 1 aromatic carbocycles. The van der Waals surface area contributed by atoms with E-state index in [1.807, 2.05) is 30.3 Å². The summed E-state index contributed by atoms with van der Waals surface area (Å²) in [5, 5.41) is 8.40. The molecule has 0 saturated carbocycles. The standard InChI is InChI=1S/C18H19N5O2/c1-13-19-10-9-15(21-13)11-20-18(25)16-7-8-17(24)23(22-16)12-14-5-3-2-4-6-14/h2-6,9-10H,7-8,11-12H2,1H3,(H,20,25). The number of rotatable bonds is 5. The first-order chi connectivity index (χ1) is 12.1. The average Bonchev–Trinajstić information content (AvgIpc) is 2.62. The minimum atomic E-state index is -0.276. The van der Waals surface area contributed by atoms with Gasteiger partial charge in [0.15, 0.2) is 0 Å². The summed E-state index contributed by atoms with van der Waals surface area (Å²) < 4.78 is 0. The van der Waals surface area contributed by atoms with E-state index in [2.05, 4.69) is 20.4 Å². The number of hydrogen-bond donors (Lipinski definition) is 1. The Morgan fingerprint density at radius 1 is 1.20 bits per heavy atom. The minimum absolute atomic E-state index is 0.0770. The van der Waals surface area contributed by atoms with E-state index in [4.69, 9.17) is 0 Å². The maximum Gasteiger partial charge on any atom is 0.267 e. The minimum Gasteiger partial charge on any atom is -0.345 e. The summed E-state index contributed by atoms with van der Waals surface area (Å²) in [6.45, 7) is 2.46. The smallest absolute Gasteiger partial charge is 0.267 e. The Labute approximate surface area is 145 Å². The molecule has 7 nitrogen and oxygen atoms in total. The first kappa shape index (κ1) is 16.8. The van der Waals surface area contributed by atoms with Gasteiger partial charge in [-0.05, 0) is 18.6 Å². The van der Waals surface area contributed by atoms with E-state index in [1.165, 1.54) is 5.01 Å². The molecule has 3 rings (SSSR count). The van der Waals surface area contributed by atoms with Crippen molar-refractivity contribution >= 4 is 17.5 Å². The molecule has 2 amide bonds. The first-order valence-corrected chi connectivity index (χ1v) is 8.10. The first-order valence-electron chi connectivity index (χ1n) is 8.10. The van der Waals surface area contributed by atoms with Crippen molar-refractivity contribution in [1.29, 1.82) is 0 Å². The highest BCUT2D eigenvalue weighted by atomic mass is 16.2. The normalized spacial score (nSPS) is 14.2. The Morgan fingerprint density at radius 2 is 2.00 bits per heavy atom. The van der Waals surface area contributed by atoms with E-state index >= 15 is 0 Å². The summed E-state index contributed by atoms with van der Waals surface area (Å²) in [5.74, 6) is 0.301. The highest BCUT2D eigenvalue weighted by molar-refractivity contribution is 6.39. The van der Waals surface area contributed by atoms with Gasteiger partial charge >= 0.3 is 0 Å². The van der Waals surface area contributed by atoms with Crippen molar-refractivity contribution < 1.29 is 9.59 Å². The fraction of sp³-hybridized carbons (Fsp3) is 0.278. The molecule has 0 unspecified atom stereocenters. The van der Waals surface area contributed by atoms with Crippen LogP contribution in [0.2, 0.25) is 0 Å². The van der Waals surface area contributed by atoms with Gasteiger partial charge in [0, 0.05) is 19.0 Å². The van der Waals surface area contributed by atoms with Crippen LogP contribution in [0.5, 0.6) is 0 Å². The van der Waals surface area contributed by atoms with Crippen LogP contribution >= 0.6 is 0 Å². The molecular formula is C18H19N5O2. The third kappa shape index (κ3) is 4.47. The van der Waals surface area contributed by atoms with Crippen molar-refractivity contribution in [1.82, 2.24) is 20.3 Å². The van der Waals surface area contributed by atoms with Gasteiger partial charge in [0.1, 0.15) is 11.5 Å². The molecule has 128 valence electrons. The molecule has 25 heavy (non-hydrogen) atoms. The van der Waals surface area contributed by atoms with Crippen molar-refractivity contribution in [3.63, 3.8) is 0 Å². The third-order valence-corrected chi connectivity index (χ3v) is 3.81. The number of nitrogens with one attached hydrogen (secondary N) is 1. The number of amides is 2. The van der Waals surface area contributed by atoms with Crippen molar-refractivity contribution in [2.24, 2.45) is 5.10 Å². The fourth-order valence-electron chi connectivity index (χ4n) is 2.52. The van der Waals surface area contributed by atoms with E-state index in [0.29, 0.717) is 31.0 Å². The molecule has 0 spiro atoms. The quantitative estimate of drug-likeness (QED) is 0.897. The lowest BCUT2D eigenvalue weighted by molar-refractivity contribution is -0.132. The Morgan fingerprint density at radius 3 is 2.76 bits per heavy atom. The van der Waals surface area contributed by atoms with Gasteiger partial charge in [-0.3, -0.25) is 9.59 Å². The molecule has 2 aromatic rings. The summed E-state index contributed by atoms with van der Waals surface area (Å²) in [6, 6.07) is 11.3. The van der Waals surface area contributed by atoms with Crippen molar-refractivity contribution in [3.8, 4) is 0 Å². The van der Waals surface area contributed by atoms with E-state index in [0.717, 1.165) is 11.3 Å². The highest BCUT2D eigenvalue weighted by Gasteiger charge is 2.24. The molecule has 0 bridgehead atoms. The van der Waals surface area contributed by atoms with Crippen molar-refractivity contribution in [2.45, 2.75) is 32.9 Å². The second-order valence-electron chi connectivity index (χ2n) is 5.76. The van der Waals surface area contributed by atoms with Crippen molar-refractivity contribution in [3.05, 3.63) is 59.7 Å². The summed E-state index contributed by atoms with van der Waals surface area (Å²) in [5.41, 5.74) is 2.06. The zero-order valence-corrected chi connectivity index (χ0v) is 14.0. The highest BCUT2D eigenvalue weighted by Crippen LogP contribution is 2.13. The van der Waals surface area contributed by atoms with Crippen LogP contribution in [0.3, 0.4) is 0 Å². The van der Waals surface area contributed by atoms with E-state index in [-0.39, 0.29) is 18.2 Å². The third-order valence-electron chi connectivity index (χ3n) is 3.81. The van der Waals surface area contributed by atoms with Crippen LogP contribution in [0.1, 0.15) is 29.9 Å². The number of aromatic nitrogens is 2. The number of hydrazone groups is 1. The van der Waals surface area contributed by atoms with E-state index in [9.17, 15) is 9.59 Å². The predicted octanol–water partition coefficient (Wildman–Crippen LogP) is 1.58. The zero-order chi connectivity index (χ0) is 17.6. The maximum atomic E-state index is 12.3. The molecule has 7 heteroatoms. The fourth-order valence-corrected chi connectivity index (χ4v) is 2.52. The predicted molar refractivity (Wildman–Crippen MR) is 92.3 cm³/mol. The van der Waals surface area contributed by atoms with Crippen LogP contribution in [-0.4, -0.2) is 32.5 Å². The summed E-state index contributed by atoms with van der Waals surface area (Å²) in [7, 11) is 0. The van der Waals surface area contributed by atoms with Crippen LogP contribution in [0.4, 0.5) is 0 Å². The second kappa shape index (κ2) is 7.65. The summed E-state index contributed by atoms with van der Waals surface area (Å²) in [6.07, 6.45) is 2.28. The topological polar surface area (TPSA) is 87.5 Å². The molecule has 0 atom stereocenters. The monoisotopic (exact) mass is 337 g/mol. The van der Waals surface area contributed by atoms with Gasteiger partial charge in [0.25, 0.3) is 5.91 Å². The molecule has 1 aromatic heterocycles. The van der Waals surface area contributed by atoms with Gasteiger partial charge in [-0.15, -0.1) is 0 Å². The molecule has 0 aliphatic carbocycles. The second-order valence-corrected chi connectivity index (χ2v) is 5.76. The number of aryl methyl sites for hydroxylation is 1. The van der Waals surface area contributed by atoms with Crippen LogP contribution in [0.15, 0.2) is 47.7 Å². The Hall–Kier alpha value is -3.09. The Bertz CT molecular complexity index is 804. The number of carbonyl (C=O) groups excluding carboxylic acids is 2. The molecule has 0 radical (unpaired) electrons. The summed E-state index contributed by atoms with van der Waals surface area (Å²) in [4.78, 5) is 32.7. The maximum absolute atomic E-state index is 12.3. The molecule has 0 saturated heterocycles. The molecule has 1 N–H and O–H groups in total.